The Kier molecular flexibility index (Phi) is 5.85. The van der Waals surface area contributed by atoms with Gasteiger partial charge >= 0.3 is 12.0 Å². The molecule has 3 aromatic rings. The molecule has 2 amide bonds. The van der Waals surface area contributed by atoms with Crippen LogP contribution in [0.25, 0.3) is 11.1 Å². The molecule has 0 aliphatic carbocycles. The summed E-state index contributed by atoms with van der Waals surface area (Å²) in [5.74, 6) is 0.0133. The van der Waals surface area contributed by atoms with E-state index in [0.29, 0.717) is 31.0 Å². The number of furan rings is 1. The Bertz CT molecular complexity index is 1180. The first-order chi connectivity index (χ1) is 16.1. The lowest BCUT2D eigenvalue weighted by molar-refractivity contribution is -0.138. The number of amides is 2. The van der Waals surface area contributed by atoms with E-state index in [1.807, 2.05) is 6.07 Å². The molecule has 2 aliphatic rings. The molecule has 3 aromatic heterocycles. The number of nitrogens with zero attached hydrogens (tertiary/aromatic N) is 4. The van der Waals surface area contributed by atoms with E-state index in [2.05, 4.69) is 22.4 Å². The number of aromatic nitrogens is 2. The lowest BCUT2D eigenvalue weighted by Gasteiger charge is -2.26. The summed E-state index contributed by atoms with van der Waals surface area (Å²) in [5.41, 5.74) is 3.26. The van der Waals surface area contributed by atoms with Crippen LogP contribution in [0.1, 0.15) is 42.3 Å². The zero-order valence-electron chi connectivity index (χ0n) is 18.4. The molecule has 0 saturated carbocycles. The van der Waals surface area contributed by atoms with Crippen LogP contribution in [-0.4, -0.2) is 63.1 Å². The number of carboxylic acid groups (broad SMARTS) is 1. The number of carbonyl (C=O) groups excluding carboxylic acids is 1. The van der Waals surface area contributed by atoms with Gasteiger partial charge in [0.25, 0.3) is 0 Å². The summed E-state index contributed by atoms with van der Waals surface area (Å²) in [6, 6.07) is 8.85. The Labute approximate surface area is 191 Å². The van der Waals surface area contributed by atoms with E-state index < -0.39 is 12.0 Å². The van der Waals surface area contributed by atoms with Crippen LogP contribution >= 0.6 is 0 Å². The number of carbonyl (C=O) groups is 2. The van der Waals surface area contributed by atoms with Crippen molar-refractivity contribution in [1.82, 2.24) is 19.8 Å². The summed E-state index contributed by atoms with van der Waals surface area (Å²) >= 11 is 0. The van der Waals surface area contributed by atoms with Crippen LogP contribution in [0.15, 0.2) is 41.0 Å². The zero-order valence-corrected chi connectivity index (χ0v) is 18.4. The molecule has 172 valence electrons. The van der Waals surface area contributed by atoms with E-state index in [-0.39, 0.29) is 12.5 Å². The van der Waals surface area contributed by atoms with Gasteiger partial charge in [0, 0.05) is 37.3 Å². The highest BCUT2D eigenvalue weighted by Crippen LogP contribution is 2.29. The summed E-state index contributed by atoms with van der Waals surface area (Å²) in [4.78, 5) is 37.3. The van der Waals surface area contributed by atoms with Crippen molar-refractivity contribution in [2.75, 3.05) is 31.5 Å². The van der Waals surface area contributed by atoms with Gasteiger partial charge in [-0.05, 0) is 55.5 Å². The van der Waals surface area contributed by atoms with E-state index in [1.54, 1.807) is 28.2 Å². The summed E-state index contributed by atoms with van der Waals surface area (Å²) in [6.45, 7) is 2.60. The van der Waals surface area contributed by atoms with E-state index in [0.717, 1.165) is 49.1 Å². The molecule has 1 fully saturated rings. The van der Waals surface area contributed by atoms with Crippen LogP contribution in [0, 0.1) is 0 Å². The number of aryl methyl sites for hydroxylation is 2. The van der Waals surface area contributed by atoms with Crippen LogP contribution in [0.3, 0.4) is 0 Å². The molecule has 1 saturated heterocycles. The molecule has 1 atom stereocenters. The Morgan fingerprint density at radius 1 is 1.18 bits per heavy atom. The predicted molar refractivity (Wildman–Crippen MR) is 122 cm³/mol. The molecule has 2 N–H and O–H groups in total. The quantitative estimate of drug-likeness (QED) is 0.542. The van der Waals surface area contributed by atoms with Crippen molar-refractivity contribution < 1.29 is 19.1 Å². The molecular weight excluding hydrogens is 422 g/mol. The van der Waals surface area contributed by atoms with Crippen LogP contribution in [0.4, 0.5) is 10.6 Å². The average Bonchev–Trinajstić information content (AvgIpc) is 3.43. The van der Waals surface area contributed by atoms with Gasteiger partial charge in [0.05, 0.1) is 24.4 Å². The number of fused-ring (bicyclic) bond motifs is 2. The van der Waals surface area contributed by atoms with Gasteiger partial charge in [-0.2, -0.15) is 0 Å². The second-order valence-electron chi connectivity index (χ2n) is 8.57. The Hall–Kier alpha value is -3.62. The van der Waals surface area contributed by atoms with Crippen molar-refractivity contribution in [1.29, 1.82) is 0 Å². The number of pyridine rings is 2. The van der Waals surface area contributed by atoms with Crippen molar-refractivity contribution in [2.24, 2.45) is 0 Å². The molecule has 0 spiro atoms. The molecule has 5 heterocycles. The predicted octanol–water partition coefficient (Wildman–Crippen LogP) is 3.47. The fraction of sp³-hybridized carbons (Fsp3) is 0.417. The molecule has 0 radical (unpaired) electrons. The number of aliphatic carboxylic acids is 1. The third-order valence-corrected chi connectivity index (χ3v) is 6.36. The topological polar surface area (TPSA) is 112 Å². The van der Waals surface area contributed by atoms with E-state index >= 15 is 0 Å². The molecule has 0 aromatic carbocycles. The van der Waals surface area contributed by atoms with E-state index in [9.17, 15) is 14.7 Å². The maximum atomic E-state index is 13.1. The van der Waals surface area contributed by atoms with Crippen molar-refractivity contribution in [3.8, 4) is 0 Å². The van der Waals surface area contributed by atoms with Gasteiger partial charge in [-0.1, -0.05) is 6.07 Å². The minimum atomic E-state index is -0.973. The first-order valence-corrected chi connectivity index (χ1v) is 11.4. The lowest BCUT2D eigenvalue weighted by atomic mass is 10.1. The number of hydrogen-bond acceptors (Lipinski definition) is 6. The molecule has 33 heavy (non-hydrogen) atoms. The highest BCUT2D eigenvalue weighted by Gasteiger charge is 2.36. The summed E-state index contributed by atoms with van der Waals surface area (Å²) < 4.78 is 5.37. The van der Waals surface area contributed by atoms with E-state index in [4.69, 9.17) is 9.40 Å². The van der Waals surface area contributed by atoms with Gasteiger partial charge in [0.2, 0.25) is 5.71 Å². The highest BCUT2D eigenvalue weighted by atomic mass is 16.4. The van der Waals surface area contributed by atoms with Gasteiger partial charge in [0.15, 0.2) is 0 Å². The van der Waals surface area contributed by atoms with Gasteiger partial charge in [-0.15, -0.1) is 0 Å². The number of anilines is 1. The van der Waals surface area contributed by atoms with Gasteiger partial charge < -0.3 is 24.6 Å². The van der Waals surface area contributed by atoms with Crippen molar-refractivity contribution >= 4 is 28.9 Å². The molecule has 9 heteroatoms. The second kappa shape index (κ2) is 9.09. The fourth-order valence-corrected chi connectivity index (χ4v) is 4.64. The molecule has 5 rings (SSSR count). The van der Waals surface area contributed by atoms with Crippen LogP contribution in [-0.2, 0) is 17.6 Å². The molecule has 0 unspecified atom stereocenters. The molecule has 9 nitrogen and oxygen atoms in total. The lowest BCUT2D eigenvalue weighted by Crippen LogP contribution is -2.36. The zero-order chi connectivity index (χ0) is 22.8. The van der Waals surface area contributed by atoms with Crippen molar-refractivity contribution in [3.63, 3.8) is 0 Å². The van der Waals surface area contributed by atoms with Gasteiger partial charge in [-0.3, -0.25) is 4.79 Å². The Balaban J connectivity index is 1.23. The third kappa shape index (κ3) is 4.48. The largest absolute Gasteiger partial charge is 0.481 e. The van der Waals surface area contributed by atoms with Crippen LogP contribution in [0.5, 0.6) is 0 Å². The fourth-order valence-electron chi connectivity index (χ4n) is 4.64. The third-order valence-electron chi connectivity index (χ3n) is 6.36. The first-order valence-electron chi connectivity index (χ1n) is 11.4. The standard InChI is InChI=1S/C24H27N5O4/c30-21(31)15-20(19-8-6-17-9-14-33-23(17)27-19)29-13-12-28(24(29)32)11-2-4-18-7-5-16-3-1-10-25-22(16)26-18/h5-9,14,20H,1-4,10-13,15H2,(H,25,26)(H,30,31)/t20-/m0/s1. The second-order valence-corrected chi connectivity index (χ2v) is 8.57. The van der Waals surface area contributed by atoms with E-state index in [1.165, 1.54) is 5.56 Å². The maximum Gasteiger partial charge on any atom is 0.320 e. The van der Waals surface area contributed by atoms with Crippen LogP contribution < -0.4 is 5.32 Å². The summed E-state index contributed by atoms with van der Waals surface area (Å²) in [6.07, 6.45) is 5.12. The van der Waals surface area contributed by atoms with Gasteiger partial charge in [0.1, 0.15) is 5.82 Å². The minimum absolute atomic E-state index is 0.150. The smallest absolute Gasteiger partial charge is 0.320 e. The van der Waals surface area contributed by atoms with Gasteiger partial charge in [-0.25, -0.2) is 14.8 Å². The molecule has 2 aliphatic heterocycles. The number of nitrogens with one attached hydrogen (secondary N) is 1. The van der Waals surface area contributed by atoms with Crippen molar-refractivity contribution in [2.45, 2.75) is 38.1 Å². The number of urea groups is 1. The molecule has 0 bridgehead atoms. The first kappa shape index (κ1) is 21.2. The van der Waals surface area contributed by atoms with Crippen LogP contribution in [0.2, 0.25) is 0 Å². The average molecular weight is 450 g/mol. The number of carboxylic acids is 1. The Morgan fingerprint density at radius 2 is 2.09 bits per heavy atom. The Morgan fingerprint density at radius 3 is 2.97 bits per heavy atom. The summed E-state index contributed by atoms with van der Waals surface area (Å²) in [5, 5.41) is 13.7. The number of rotatable bonds is 8. The van der Waals surface area contributed by atoms with Crippen molar-refractivity contribution in [3.05, 3.63) is 53.5 Å². The monoisotopic (exact) mass is 449 g/mol. The SMILES string of the molecule is O=C(O)C[C@@H](c1ccc2ccoc2n1)N1CCN(CCCc2ccc3c(n2)NCCC3)C1=O. The minimum Gasteiger partial charge on any atom is -0.481 e. The number of hydrogen-bond donors (Lipinski definition) is 2. The molecular formula is C24H27N5O4. The maximum absolute atomic E-state index is 13.1. The normalized spacial score (nSPS) is 16.7. The summed E-state index contributed by atoms with van der Waals surface area (Å²) in [7, 11) is 0. The highest BCUT2D eigenvalue weighted by molar-refractivity contribution is 5.79.